The van der Waals surface area contributed by atoms with Crippen molar-refractivity contribution in [2.24, 2.45) is 0 Å². The van der Waals surface area contributed by atoms with Crippen molar-refractivity contribution >= 4 is 69.6 Å². The highest BCUT2D eigenvalue weighted by atomic mass is 16.2. The van der Waals surface area contributed by atoms with Crippen molar-refractivity contribution in [2.75, 3.05) is 52.5 Å². The number of carbonyl (C=O) groups is 6. The van der Waals surface area contributed by atoms with E-state index < -0.39 is 29.5 Å². The van der Waals surface area contributed by atoms with Gasteiger partial charge in [-0.25, -0.2) is 9.97 Å². The Hall–Kier alpha value is -10.1. The third-order valence-corrected chi connectivity index (χ3v) is 10.6. The van der Waals surface area contributed by atoms with Crippen molar-refractivity contribution in [2.45, 2.75) is 0 Å². The van der Waals surface area contributed by atoms with Crippen molar-refractivity contribution < 1.29 is 28.8 Å². The molecule has 0 fully saturated rings. The monoisotopic (exact) mass is 959 g/mol. The number of anilines is 6. The predicted molar refractivity (Wildman–Crippen MR) is 275 cm³/mol. The molecule has 6 amide bonds. The lowest BCUT2D eigenvalue weighted by molar-refractivity contribution is -0.112. The van der Waals surface area contributed by atoms with Crippen LogP contribution in [-0.4, -0.2) is 91.3 Å². The Morgan fingerprint density at radius 1 is 0.528 bits per heavy atom. The van der Waals surface area contributed by atoms with Gasteiger partial charge in [-0.1, -0.05) is 30.9 Å². The topological polar surface area (TPSA) is 261 Å². The molecule has 8 aromatic rings. The molecule has 0 aliphatic heterocycles. The highest BCUT2D eigenvalue weighted by molar-refractivity contribution is 6.10. The lowest BCUT2D eigenvalue weighted by Crippen LogP contribution is -2.16. The van der Waals surface area contributed by atoms with E-state index in [0.717, 1.165) is 6.08 Å². The molecule has 0 bridgehead atoms. The fraction of sp³-hybridized carbons (Fsp3) is 0.0566. The molecule has 19 nitrogen and oxygen atoms in total. The molecular weight excluding hydrogens is 915 g/mol. The molecule has 8 N–H and O–H groups in total. The van der Waals surface area contributed by atoms with E-state index in [9.17, 15) is 28.8 Å². The third-order valence-electron chi connectivity index (χ3n) is 10.6. The number of H-pyrrole nitrogens is 2. The Morgan fingerprint density at radius 3 is 1.74 bits per heavy atom. The number of hydrogen-bond acceptors (Lipinski definition) is 11. The summed E-state index contributed by atoms with van der Waals surface area (Å²) in [5.74, 6) is -2.76. The van der Waals surface area contributed by atoms with Crippen LogP contribution in [0.2, 0.25) is 0 Å². The lowest BCUT2D eigenvalue weighted by atomic mass is 9.99. The van der Waals surface area contributed by atoms with Crippen LogP contribution in [0.25, 0.3) is 33.9 Å². The summed E-state index contributed by atoms with van der Waals surface area (Å²) in [5.41, 5.74) is 6.17. The maximum Gasteiger partial charge on any atom is 0.274 e. The number of nitrogens with zero attached hydrogens (tertiary/aromatic N) is 5. The number of aromatic amines is 2. The summed E-state index contributed by atoms with van der Waals surface area (Å²) in [4.78, 5) is 90.1. The molecule has 4 heterocycles. The Bertz CT molecular complexity index is 3330. The van der Waals surface area contributed by atoms with Gasteiger partial charge in [-0.3, -0.25) is 39.0 Å². The molecule has 4 aromatic carbocycles. The van der Waals surface area contributed by atoms with Gasteiger partial charge in [0.05, 0.1) is 22.8 Å². The number of likely N-dealkylation sites (N-methyl/N-ethyl adjacent to an activating group) is 1. The molecular formula is C53H45N13O6. The number of benzene rings is 4. The zero-order chi connectivity index (χ0) is 50.6. The van der Waals surface area contributed by atoms with Crippen LogP contribution in [0.4, 0.5) is 34.1 Å². The second-order valence-corrected chi connectivity index (χ2v) is 16.1. The highest BCUT2D eigenvalue weighted by Crippen LogP contribution is 2.33. The average Bonchev–Trinajstić information content (AvgIpc) is 4.14. The minimum Gasteiger partial charge on any atom is -0.323 e. The quantitative estimate of drug-likeness (QED) is 0.0404. The summed E-state index contributed by atoms with van der Waals surface area (Å²) in [6.07, 6.45) is 7.37. The van der Waals surface area contributed by atoms with Crippen molar-refractivity contribution in [3.05, 3.63) is 193 Å². The zero-order valence-corrected chi connectivity index (χ0v) is 38.7. The van der Waals surface area contributed by atoms with E-state index in [0.29, 0.717) is 74.4 Å². The molecule has 0 spiro atoms. The van der Waals surface area contributed by atoms with Gasteiger partial charge in [0.1, 0.15) is 11.4 Å². The van der Waals surface area contributed by atoms with Gasteiger partial charge in [0.25, 0.3) is 23.6 Å². The minimum atomic E-state index is -0.590. The van der Waals surface area contributed by atoms with Crippen LogP contribution < -0.4 is 31.9 Å². The number of amides is 6. The summed E-state index contributed by atoms with van der Waals surface area (Å²) in [6.45, 7) is 3.93. The molecule has 0 saturated carbocycles. The molecule has 0 saturated heterocycles. The first-order valence-electron chi connectivity index (χ1n) is 22.1. The van der Waals surface area contributed by atoms with Gasteiger partial charge in [0.15, 0.2) is 0 Å². The Labute approximate surface area is 411 Å². The SMILES string of the molecule is C=CC(=O)Nc1ccc(C(=O)Nc2cccc(NC(=O)c3cc(-c4ccc(C(=O)Nc5ccc(NC(=O)c6cccc(-c7ccn[nH]7)n6)cc5)cc4NC(=O)/C=C/CN(C)C)cc(-c4ccn[nH]4)n3)c2)cc1. The first-order valence-corrected chi connectivity index (χ1v) is 22.1. The highest BCUT2D eigenvalue weighted by Gasteiger charge is 2.19. The summed E-state index contributed by atoms with van der Waals surface area (Å²) in [7, 11) is 3.74. The molecule has 0 atom stereocenters. The Morgan fingerprint density at radius 2 is 1.08 bits per heavy atom. The maximum atomic E-state index is 14.1. The third kappa shape index (κ3) is 12.5. The molecule has 4 aromatic heterocycles. The van der Waals surface area contributed by atoms with Gasteiger partial charge in [0.2, 0.25) is 11.8 Å². The number of carbonyl (C=O) groups excluding carboxylic acids is 6. The van der Waals surface area contributed by atoms with Crippen LogP contribution in [0.15, 0.2) is 171 Å². The van der Waals surface area contributed by atoms with E-state index in [1.807, 2.05) is 19.0 Å². The smallest absolute Gasteiger partial charge is 0.274 e. The lowest BCUT2D eigenvalue weighted by Gasteiger charge is -2.15. The maximum absolute atomic E-state index is 14.1. The van der Waals surface area contributed by atoms with E-state index >= 15 is 0 Å². The van der Waals surface area contributed by atoms with Crippen LogP contribution in [0, 0.1) is 0 Å². The summed E-state index contributed by atoms with van der Waals surface area (Å²) < 4.78 is 0. The van der Waals surface area contributed by atoms with Crippen molar-refractivity contribution in [1.29, 1.82) is 0 Å². The zero-order valence-electron chi connectivity index (χ0n) is 38.7. The Kier molecular flexibility index (Phi) is 15.0. The number of hydrogen-bond donors (Lipinski definition) is 8. The van der Waals surface area contributed by atoms with Gasteiger partial charge in [-0.15, -0.1) is 0 Å². The van der Waals surface area contributed by atoms with Crippen LogP contribution in [0.1, 0.15) is 41.7 Å². The van der Waals surface area contributed by atoms with E-state index in [4.69, 9.17) is 0 Å². The molecule has 0 radical (unpaired) electrons. The van der Waals surface area contributed by atoms with Crippen molar-refractivity contribution in [3.8, 4) is 33.9 Å². The molecule has 0 aliphatic rings. The molecule has 19 heteroatoms. The summed E-state index contributed by atoms with van der Waals surface area (Å²) >= 11 is 0. The first kappa shape index (κ1) is 48.3. The molecule has 0 unspecified atom stereocenters. The standard InChI is InChI=1S/C53H45N13O6/c1-4-48(67)56-35-16-13-32(14-17-35)50(69)59-38-8-5-9-39(31-38)60-53(72)47-30-34(29-46(62-47)43-24-26-55-65-43)40-22-15-33(28-45(40)63-49(68)12-7-27-66(2)3)51(70)57-36-18-20-37(21-19-36)58-52(71)44-11-6-10-41(61-44)42-23-25-54-64-42/h4-26,28-31H,1,27H2,2-3H3,(H,54,64)(H,55,65)(H,56,67)(H,57,70)(H,58,71)(H,59,69)(H,60,72)(H,63,68)/b12-7+. The number of pyridine rings is 2. The van der Waals surface area contributed by atoms with Crippen LogP contribution in [0.5, 0.6) is 0 Å². The van der Waals surface area contributed by atoms with Gasteiger partial charge < -0.3 is 36.8 Å². The van der Waals surface area contributed by atoms with Crippen LogP contribution in [0.3, 0.4) is 0 Å². The van der Waals surface area contributed by atoms with Crippen molar-refractivity contribution in [3.63, 3.8) is 0 Å². The minimum absolute atomic E-state index is 0.00121. The Balaban J connectivity index is 1.02. The van der Waals surface area contributed by atoms with Crippen molar-refractivity contribution in [1.82, 2.24) is 35.3 Å². The number of aromatic nitrogens is 6. The van der Waals surface area contributed by atoms with Gasteiger partial charge in [-0.05, 0) is 141 Å². The first-order chi connectivity index (χ1) is 34.9. The second-order valence-electron chi connectivity index (χ2n) is 16.1. The largest absolute Gasteiger partial charge is 0.323 e. The average molecular weight is 960 g/mol. The number of nitrogens with one attached hydrogen (secondary N) is 8. The summed E-state index contributed by atoms with van der Waals surface area (Å²) in [6, 6.07) is 36.0. The van der Waals surface area contributed by atoms with Gasteiger partial charge in [-0.2, -0.15) is 10.2 Å². The molecule has 8 rings (SSSR count). The predicted octanol–water partition coefficient (Wildman–Crippen LogP) is 8.11. The fourth-order valence-electron chi connectivity index (χ4n) is 7.04. The normalized spacial score (nSPS) is 10.9. The fourth-order valence-corrected chi connectivity index (χ4v) is 7.04. The number of rotatable bonds is 17. The molecule has 0 aliphatic carbocycles. The second kappa shape index (κ2) is 22.3. The van der Waals surface area contributed by atoms with Gasteiger partial charge >= 0.3 is 0 Å². The molecule has 358 valence electrons. The van der Waals surface area contributed by atoms with E-state index in [-0.39, 0.29) is 28.5 Å². The van der Waals surface area contributed by atoms with E-state index in [1.165, 1.54) is 12.1 Å². The van der Waals surface area contributed by atoms with Gasteiger partial charge in [0, 0.05) is 75.8 Å². The molecule has 72 heavy (non-hydrogen) atoms. The van der Waals surface area contributed by atoms with Crippen LogP contribution in [-0.2, 0) is 9.59 Å². The van der Waals surface area contributed by atoms with Crippen LogP contribution >= 0.6 is 0 Å². The summed E-state index contributed by atoms with van der Waals surface area (Å²) in [5, 5.41) is 30.6. The van der Waals surface area contributed by atoms with E-state index in [1.54, 1.807) is 146 Å². The van der Waals surface area contributed by atoms with E-state index in [2.05, 4.69) is 68.8 Å².